The third-order valence-corrected chi connectivity index (χ3v) is 9.58. The van der Waals surface area contributed by atoms with Crippen LogP contribution in [0, 0.1) is 0 Å². The maximum atomic E-state index is 6.67. The fraction of sp³-hybridized carbons (Fsp3) is 0.814. The monoisotopic (exact) mass is 642 g/mol. The van der Waals surface area contributed by atoms with E-state index in [9.17, 15) is 0 Å². The van der Waals surface area contributed by atoms with Gasteiger partial charge < -0.3 is 14.4 Å². The molecular weight excluding hydrogens is 562 g/mol. The molecule has 0 radical (unpaired) electrons. The Morgan fingerprint density at radius 1 is 0.500 bits per heavy atom. The summed E-state index contributed by atoms with van der Waals surface area (Å²) in [4.78, 5) is 2.36. The van der Waals surface area contributed by atoms with Crippen LogP contribution < -0.4 is 0 Å². The topological polar surface area (TPSA) is 21.7 Å². The van der Waals surface area contributed by atoms with Gasteiger partial charge in [-0.25, -0.2) is 0 Å². The van der Waals surface area contributed by atoms with Crippen LogP contribution >= 0.6 is 0 Å². The third-order valence-electron chi connectivity index (χ3n) is 9.58. The molecule has 0 N–H and O–H groups in total. The van der Waals surface area contributed by atoms with E-state index >= 15 is 0 Å². The zero-order valence-electron chi connectivity index (χ0n) is 31.6. The van der Waals surface area contributed by atoms with Gasteiger partial charge in [0.2, 0.25) is 0 Å². The molecule has 0 aromatic carbocycles. The molecule has 3 nitrogen and oxygen atoms in total. The van der Waals surface area contributed by atoms with Crippen molar-refractivity contribution in [1.82, 2.24) is 4.90 Å². The van der Waals surface area contributed by atoms with Crippen LogP contribution in [0.5, 0.6) is 0 Å². The molecule has 0 aromatic rings. The molecule has 0 saturated carbocycles. The largest absolute Gasteiger partial charge is 0.344 e. The van der Waals surface area contributed by atoms with Gasteiger partial charge in [0.1, 0.15) is 0 Å². The molecule has 0 bridgehead atoms. The molecule has 2 atom stereocenters. The standard InChI is InChI=1S/C43H79NO2/c1-6-9-11-13-15-17-19-21-23-25-27-29-31-33-35-37-41-42(46-43(4,45-41)39-40-44(5)8-3)38-36-34-32-30-28-26-24-22-20-18-16-14-12-10-7-2/h15-18,21-24,41-42H,6-14,19-20,25-40H2,1-5H3/b17-15-,18-16-,23-21-,24-22-. The van der Waals surface area contributed by atoms with Crippen LogP contribution in [0.1, 0.15) is 188 Å². The van der Waals surface area contributed by atoms with Crippen molar-refractivity contribution in [3.05, 3.63) is 48.6 Å². The van der Waals surface area contributed by atoms with Gasteiger partial charge in [-0.3, -0.25) is 0 Å². The van der Waals surface area contributed by atoms with Gasteiger partial charge in [0.25, 0.3) is 0 Å². The molecule has 0 spiro atoms. The van der Waals surface area contributed by atoms with Crippen LogP contribution in [-0.2, 0) is 9.47 Å². The summed E-state index contributed by atoms with van der Waals surface area (Å²) in [7, 11) is 2.19. The highest BCUT2D eigenvalue weighted by molar-refractivity contribution is 4.93. The highest BCUT2D eigenvalue weighted by Crippen LogP contribution is 2.36. The minimum absolute atomic E-state index is 0.265. The fourth-order valence-corrected chi connectivity index (χ4v) is 6.29. The fourth-order valence-electron chi connectivity index (χ4n) is 6.29. The van der Waals surface area contributed by atoms with E-state index in [4.69, 9.17) is 9.47 Å². The lowest BCUT2D eigenvalue weighted by Crippen LogP contribution is -2.32. The summed E-state index contributed by atoms with van der Waals surface area (Å²) in [5.74, 6) is -0.424. The maximum Gasteiger partial charge on any atom is 0.167 e. The van der Waals surface area contributed by atoms with Gasteiger partial charge in [-0.05, 0) is 97.6 Å². The van der Waals surface area contributed by atoms with E-state index in [1.54, 1.807) is 0 Å². The second-order valence-corrected chi connectivity index (χ2v) is 14.1. The number of hydrogen-bond donors (Lipinski definition) is 0. The molecule has 0 amide bonds. The van der Waals surface area contributed by atoms with E-state index in [1.165, 1.54) is 128 Å². The van der Waals surface area contributed by atoms with Gasteiger partial charge in [-0.2, -0.15) is 0 Å². The minimum atomic E-state index is -0.424. The number of unbranched alkanes of at least 4 members (excludes halogenated alkanes) is 16. The van der Waals surface area contributed by atoms with Crippen LogP contribution in [0.3, 0.4) is 0 Å². The Kier molecular flexibility index (Phi) is 29.0. The molecule has 2 unspecified atom stereocenters. The van der Waals surface area contributed by atoms with E-state index in [2.05, 4.69) is 88.3 Å². The van der Waals surface area contributed by atoms with Crippen LogP contribution in [0.4, 0.5) is 0 Å². The van der Waals surface area contributed by atoms with E-state index in [0.717, 1.165) is 45.2 Å². The van der Waals surface area contributed by atoms with Crippen molar-refractivity contribution in [3.8, 4) is 0 Å². The van der Waals surface area contributed by atoms with E-state index in [1.807, 2.05) is 0 Å². The Morgan fingerprint density at radius 2 is 0.870 bits per heavy atom. The number of allylic oxidation sites excluding steroid dienone is 8. The zero-order valence-corrected chi connectivity index (χ0v) is 31.6. The number of ether oxygens (including phenoxy) is 2. The predicted octanol–water partition coefficient (Wildman–Crippen LogP) is 13.5. The van der Waals surface area contributed by atoms with Crippen molar-refractivity contribution in [3.63, 3.8) is 0 Å². The summed E-state index contributed by atoms with van der Waals surface area (Å²) in [5, 5.41) is 0. The van der Waals surface area contributed by atoms with Crippen molar-refractivity contribution in [1.29, 1.82) is 0 Å². The summed E-state index contributed by atoms with van der Waals surface area (Å²) in [6.45, 7) is 11.0. The lowest BCUT2D eigenvalue weighted by molar-refractivity contribution is -0.168. The second kappa shape index (κ2) is 31.1. The molecule has 1 rings (SSSR count). The first-order valence-electron chi connectivity index (χ1n) is 20.2. The van der Waals surface area contributed by atoms with Crippen LogP contribution in [-0.4, -0.2) is 43.0 Å². The van der Waals surface area contributed by atoms with Crippen molar-refractivity contribution in [2.45, 2.75) is 206 Å². The zero-order chi connectivity index (χ0) is 33.4. The Hall–Kier alpha value is -1.16. The molecule has 268 valence electrons. The van der Waals surface area contributed by atoms with Gasteiger partial charge in [-0.1, -0.05) is 146 Å². The Morgan fingerprint density at radius 3 is 1.26 bits per heavy atom. The number of rotatable bonds is 32. The molecule has 3 heteroatoms. The third kappa shape index (κ3) is 24.9. The van der Waals surface area contributed by atoms with Crippen LogP contribution in [0.2, 0.25) is 0 Å². The number of nitrogens with zero attached hydrogens (tertiary/aromatic N) is 1. The van der Waals surface area contributed by atoms with Crippen molar-refractivity contribution in [2.24, 2.45) is 0 Å². The van der Waals surface area contributed by atoms with Crippen molar-refractivity contribution < 1.29 is 9.47 Å². The minimum Gasteiger partial charge on any atom is -0.344 e. The van der Waals surface area contributed by atoms with Crippen LogP contribution in [0.15, 0.2) is 48.6 Å². The van der Waals surface area contributed by atoms with Gasteiger partial charge >= 0.3 is 0 Å². The van der Waals surface area contributed by atoms with E-state index in [-0.39, 0.29) is 12.2 Å². The van der Waals surface area contributed by atoms with E-state index in [0.29, 0.717) is 0 Å². The first-order chi connectivity index (χ1) is 22.5. The quantitative estimate of drug-likeness (QED) is 0.0539. The summed E-state index contributed by atoms with van der Waals surface area (Å²) >= 11 is 0. The first kappa shape index (κ1) is 42.9. The molecule has 1 saturated heterocycles. The maximum absolute atomic E-state index is 6.67. The predicted molar refractivity (Wildman–Crippen MR) is 205 cm³/mol. The number of hydrogen-bond acceptors (Lipinski definition) is 3. The molecule has 1 aliphatic rings. The molecule has 0 aromatic heterocycles. The summed E-state index contributed by atoms with van der Waals surface area (Å²) in [5.41, 5.74) is 0. The lowest BCUT2D eigenvalue weighted by atomic mass is 9.99. The van der Waals surface area contributed by atoms with E-state index < -0.39 is 5.79 Å². The SMILES string of the molecule is CCCCC/C=C\C/C=C\CCCCCCCC1OC(C)(CCN(C)CC)OC1CCCCCCC/C=C\C/C=C\CCCCC. The Balaban J connectivity index is 2.24. The average Bonchev–Trinajstić information content (AvgIpc) is 3.38. The molecule has 1 heterocycles. The molecular formula is C43H79NO2. The highest BCUT2D eigenvalue weighted by atomic mass is 16.8. The van der Waals surface area contributed by atoms with Gasteiger partial charge in [0.15, 0.2) is 5.79 Å². The second-order valence-electron chi connectivity index (χ2n) is 14.1. The molecule has 0 aliphatic carbocycles. The van der Waals surface area contributed by atoms with Gasteiger partial charge in [0.05, 0.1) is 12.2 Å². The van der Waals surface area contributed by atoms with Crippen molar-refractivity contribution >= 4 is 0 Å². The molecule has 46 heavy (non-hydrogen) atoms. The Bertz CT molecular complexity index is 715. The van der Waals surface area contributed by atoms with Crippen LogP contribution in [0.25, 0.3) is 0 Å². The summed E-state index contributed by atoms with van der Waals surface area (Å²) in [6, 6.07) is 0. The van der Waals surface area contributed by atoms with Crippen molar-refractivity contribution in [2.75, 3.05) is 20.1 Å². The first-order valence-corrected chi connectivity index (χ1v) is 20.2. The average molecular weight is 642 g/mol. The Labute approximate surface area is 288 Å². The van der Waals surface area contributed by atoms with Gasteiger partial charge in [-0.15, -0.1) is 0 Å². The molecule has 1 aliphatic heterocycles. The highest BCUT2D eigenvalue weighted by Gasteiger charge is 2.43. The summed E-state index contributed by atoms with van der Waals surface area (Å²) < 4.78 is 13.3. The van der Waals surface area contributed by atoms with Gasteiger partial charge in [0, 0.05) is 13.0 Å². The normalized spacial score (nSPS) is 20.7. The lowest BCUT2D eigenvalue weighted by Gasteiger charge is -2.26. The summed E-state index contributed by atoms with van der Waals surface area (Å²) in [6.07, 6.45) is 50.9. The molecule has 1 fully saturated rings. The smallest absolute Gasteiger partial charge is 0.167 e.